The number of amides is 1. The van der Waals surface area contributed by atoms with E-state index in [-0.39, 0.29) is 5.91 Å². The molecular formula is C17H21NO3. The molecular weight excluding hydrogens is 266 g/mol. The molecule has 1 saturated carbocycles. The van der Waals surface area contributed by atoms with Crippen LogP contribution >= 0.6 is 0 Å². The summed E-state index contributed by atoms with van der Waals surface area (Å²) in [6.45, 7) is 3.56. The molecule has 2 rings (SSSR count). The van der Waals surface area contributed by atoms with Crippen molar-refractivity contribution in [1.82, 2.24) is 5.32 Å². The monoisotopic (exact) mass is 287 g/mol. The number of carboxylic acids is 1. The standard InChI is InChI=1S/C17H21NO3/c1-11(13-8-9-13)10-15(19)18-16(12(2)17(20)21)14-6-4-3-5-7-14/h3-7,10,12-13,16H,8-9H2,1-2H3,(H,18,19)(H,20,21)/b11-10-/t12-,16+/m0/s1. The summed E-state index contributed by atoms with van der Waals surface area (Å²) in [4.78, 5) is 23.4. The maximum absolute atomic E-state index is 12.1. The van der Waals surface area contributed by atoms with Gasteiger partial charge in [0, 0.05) is 6.08 Å². The predicted molar refractivity (Wildman–Crippen MR) is 80.6 cm³/mol. The first-order valence-corrected chi connectivity index (χ1v) is 7.25. The molecule has 0 bridgehead atoms. The summed E-state index contributed by atoms with van der Waals surface area (Å²) in [7, 11) is 0. The molecule has 21 heavy (non-hydrogen) atoms. The van der Waals surface area contributed by atoms with Gasteiger partial charge in [0.15, 0.2) is 0 Å². The zero-order valence-electron chi connectivity index (χ0n) is 12.4. The van der Waals surface area contributed by atoms with Crippen LogP contribution in [0.5, 0.6) is 0 Å². The number of hydrogen-bond donors (Lipinski definition) is 2. The number of nitrogens with one attached hydrogen (secondary N) is 1. The summed E-state index contributed by atoms with van der Waals surface area (Å²) in [6.07, 6.45) is 3.88. The first-order chi connectivity index (χ1) is 9.99. The highest BCUT2D eigenvalue weighted by Crippen LogP contribution is 2.35. The number of carbonyl (C=O) groups excluding carboxylic acids is 1. The molecule has 4 nitrogen and oxygen atoms in total. The average molecular weight is 287 g/mol. The Kier molecular flexibility index (Phi) is 4.78. The third-order valence-corrected chi connectivity index (χ3v) is 3.93. The van der Waals surface area contributed by atoms with Crippen LogP contribution in [0, 0.1) is 11.8 Å². The summed E-state index contributed by atoms with van der Waals surface area (Å²) >= 11 is 0. The molecule has 0 spiro atoms. The van der Waals surface area contributed by atoms with Crippen LogP contribution in [0.25, 0.3) is 0 Å². The number of carboxylic acid groups (broad SMARTS) is 1. The van der Waals surface area contributed by atoms with Crippen LogP contribution in [0.3, 0.4) is 0 Å². The van der Waals surface area contributed by atoms with Crippen molar-refractivity contribution in [3.63, 3.8) is 0 Å². The summed E-state index contributed by atoms with van der Waals surface area (Å²) in [5.41, 5.74) is 1.88. The van der Waals surface area contributed by atoms with Crippen molar-refractivity contribution in [1.29, 1.82) is 0 Å². The maximum atomic E-state index is 12.1. The third-order valence-electron chi connectivity index (χ3n) is 3.93. The Balaban J connectivity index is 2.14. The van der Waals surface area contributed by atoms with Crippen molar-refractivity contribution in [3.8, 4) is 0 Å². The zero-order chi connectivity index (χ0) is 15.4. The lowest BCUT2D eigenvalue weighted by Crippen LogP contribution is -2.34. The molecule has 0 aliphatic heterocycles. The van der Waals surface area contributed by atoms with Gasteiger partial charge in [-0.25, -0.2) is 0 Å². The van der Waals surface area contributed by atoms with Gasteiger partial charge in [-0.1, -0.05) is 35.9 Å². The SMILES string of the molecule is C/C(=C/C(=O)N[C@@H](c1ccccc1)[C@H](C)C(=O)O)C1CC1. The van der Waals surface area contributed by atoms with Gasteiger partial charge in [-0.3, -0.25) is 9.59 Å². The van der Waals surface area contributed by atoms with Crippen LogP contribution in [-0.2, 0) is 9.59 Å². The molecule has 0 radical (unpaired) electrons. The summed E-state index contributed by atoms with van der Waals surface area (Å²) in [5.74, 6) is -1.30. The van der Waals surface area contributed by atoms with Crippen molar-refractivity contribution >= 4 is 11.9 Å². The van der Waals surface area contributed by atoms with Crippen LogP contribution in [0.1, 0.15) is 38.3 Å². The largest absolute Gasteiger partial charge is 0.481 e. The second-order valence-electron chi connectivity index (χ2n) is 5.69. The van der Waals surface area contributed by atoms with E-state index in [9.17, 15) is 14.7 Å². The lowest BCUT2D eigenvalue weighted by Gasteiger charge is -2.22. The highest BCUT2D eigenvalue weighted by Gasteiger charge is 2.27. The number of rotatable bonds is 6. The fraction of sp³-hybridized carbons (Fsp3) is 0.412. The molecule has 1 amide bonds. The fourth-order valence-electron chi connectivity index (χ4n) is 2.36. The molecule has 1 aliphatic rings. The Morgan fingerprint density at radius 3 is 2.43 bits per heavy atom. The quantitative estimate of drug-likeness (QED) is 0.791. The fourth-order valence-corrected chi connectivity index (χ4v) is 2.36. The van der Waals surface area contributed by atoms with Gasteiger partial charge in [-0.15, -0.1) is 0 Å². The minimum atomic E-state index is -0.924. The van der Waals surface area contributed by atoms with Gasteiger partial charge in [0.25, 0.3) is 0 Å². The van der Waals surface area contributed by atoms with E-state index in [2.05, 4.69) is 5.32 Å². The van der Waals surface area contributed by atoms with E-state index in [1.807, 2.05) is 37.3 Å². The van der Waals surface area contributed by atoms with Crippen molar-refractivity contribution in [2.24, 2.45) is 11.8 Å². The van der Waals surface area contributed by atoms with Gasteiger partial charge in [0.05, 0.1) is 12.0 Å². The van der Waals surface area contributed by atoms with Crippen molar-refractivity contribution in [3.05, 3.63) is 47.5 Å². The van der Waals surface area contributed by atoms with E-state index in [1.165, 1.54) is 0 Å². The molecule has 0 heterocycles. The van der Waals surface area contributed by atoms with Crippen LogP contribution in [0.4, 0.5) is 0 Å². The van der Waals surface area contributed by atoms with Gasteiger partial charge < -0.3 is 10.4 Å². The molecule has 0 aromatic heterocycles. The highest BCUT2D eigenvalue weighted by atomic mass is 16.4. The Bertz CT molecular complexity index is 546. The number of carbonyl (C=O) groups is 2. The number of allylic oxidation sites excluding steroid dienone is 1. The molecule has 4 heteroatoms. The number of aliphatic carboxylic acids is 1. The van der Waals surface area contributed by atoms with E-state index in [1.54, 1.807) is 13.0 Å². The van der Waals surface area contributed by atoms with Crippen LogP contribution in [-0.4, -0.2) is 17.0 Å². The molecule has 1 aromatic carbocycles. The first-order valence-electron chi connectivity index (χ1n) is 7.25. The zero-order valence-corrected chi connectivity index (χ0v) is 12.4. The highest BCUT2D eigenvalue weighted by molar-refractivity contribution is 5.89. The van der Waals surface area contributed by atoms with E-state index < -0.39 is 17.9 Å². The molecule has 0 unspecified atom stereocenters. The van der Waals surface area contributed by atoms with E-state index in [0.717, 1.165) is 24.0 Å². The topological polar surface area (TPSA) is 66.4 Å². The van der Waals surface area contributed by atoms with Crippen molar-refractivity contribution in [2.75, 3.05) is 0 Å². The molecule has 2 N–H and O–H groups in total. The molecule has 2 atom stereocenters. The maximum Gasteiger partial charge on any atom is 0.308 e. The summed E-state index contributed by atoms with van der Waals surface area (Å²) in [5, 5.41) is 12.1. The Labute approximate surface area is 124 Å². The molecule has 1 aliphatic carbocycles. The average Bonchev–Trinajstić information content (AvgIpc) is 3.29. The molecule has 112 valence electrons. The van der Waals surface area contributed by atoms with Crippen LogP contribution in [0.15, 0.2) is 42.0 Å². The van der Waals surface area contributed by atoms with Gasteiger partial charge in [-0.05, 0) is 38.2 Å². The summed E-state index contributed by atoms with van der Waals surface area (Å²) in [6, 6.07) is 8.69. The van der Waals surface area contributed by atoms with E-state index in [0.29, 0.717) is 5.92 Å². The lowest BCUT2D eigenvalue weighted by atomic mass is 9.94. The minimum Gasteiger partial charge on any atom is -0.481 e. The Morgan fingerprint density at radius 2 is 1.90 bits per heavy atom. The molecule has 1 fully saturated rings. The second-order valence-corrected chi connectivity index (χ2v) is 5.69. The Hall–Kier alpha value is -2.10. The van der Waals surface area contributed by atoms with Gasteiger partial charge in [-0.2, -0.15) is 0 Å². The number of hydrogen-bond acceptors (Lipinski definition) is 2. The molecule has 0 saturated heterocycles. The summed E-state index contributed by atoms with van der Waals surface area (Å²) < 4.78 is 0. The van der Waals surface area contributed by atoms with E-state index in [4.69, 9.17) is 0 Å². The van der Waals surface area contributed by atoms with Gasteiger partial charge in [0.1, 0.15) is 0 Å². The lowest BCUT2D eigenvalue weighted by molar-refractivity contribution is -0.142. The van der Waals surface area contributed by atoms with Gasteiger partial charge in [0.2, 0.25) is 5.91 Å². The first kappa shape index (κ1) is 15.3. The minimum absolute atomic E-state index is 0.221. The second kappa shape index (κ2) is 6.57. The smallest absolute Gasteiger partial charge is 0.308 e. The van der Waals surface area contributed by atoms with Gasteiger partial charge >= 0.3 is 5.97 Å². The normalized spacial score (nSPS) is 17.9. The van der Waals surface area contributed by atoms with E-state index >= 15 is 0 Å². The predicted octanol–water partition coefficient (Wildman–Crippen LogP) is 2.92. The molecule has 1 aromatic rings. The Morgan fingerprint density at radius 1 is 1.29 bits per heavy atom. The van der Waals surface area contributed by atoms with Crippen LogP contribution in [0.2, 0.25) is 0 Å². The van der Waals surface area contributed by atoms with Crippen LogP contribution < -0.4 is 5.32 Å². The number of benzene rings is 1. The van der Waals surface area contributed by atoms with Crippen molar-refractivity contribution in [2.45, 2.75) is 32.7 Å². The third kappa shape index (κ3) is 4.18. The van der Waals surface area contributed by atoms with Crippen molar-refractivity contribution < 1.29 is 14.7 Å².